The summed E-state index contributed by atoms with van der Waals surface area (Å²) in [6, 6.07) is 14.4. The minimum Gasteiger partial charge on any atom is -0.598 e. The highest BCUT2D eigenvalue weighted by atomic mass is 32.2. The third kappa shape index (κ3) is 9.22. The zero-order chi connectivity index (χ0) is 35.3. The molecule has 0 amide bonds. The standard InChI is InChI=1S/C36H52FN5O4SSi/c1-11-14-28(37)34(41-47(43)35(2,3)4)30-17-13-16-29(40-30)25-21-31-27(32(22-25)45-20-19-44-8)23-38-42(31)33-18-12-15-26(39-33)24-46-48(9,10)36(5,6)7/h12-13,15-18,21-23,28,34,41H,11,14,19-20,24H2,1-10H3/t28?,34-,47-/m1/s1. The van der Waals surface area contributed by atoms with Gasteiger partial charge in [0.25, 0.3) is 0 Å². The maximum atomic E-state index is 15.6. The van der Waals surface area contributed by atoms with E-state index in [-0.39, 0.29) is 5.04 Å². The van der Waals surface area contributed by atoms with Gasteiger partial charge in [0.1, 0.15) is 29.3 Å². The summed E-state index contributed by atoms with van der Waals surface area (Å²) in [6.45, 7) is 19.8. The zero-order valence-electron chi connectivity index (χ0n) is 30.1. The van der Waals surface area contributed by atoms with Gasteiger partial charge in [-0.15, -0.1) is 4.72 Å². The highest BCUT2D eigenvalue weighted by Gasteiger charge is 2.37. The molecular weight excluding hydrogens is 646 g/mol. The lowest BCUT2D eigenvalue weighted by Gasteiger charge is -2.36. The predicted molar refractivity (Wildman–Crippen MR) is 195 cm³/mol. The van der Waals surface area contributed by atoms with Gasteiger partial charge in [-0.3, -0.25) is 4.98 Å². The van der Waals surface area contributed by atoms with E-state index in [1.54, 1.807) is 24.1 Å². The first-order valence-corrected chi connectivity index (χ1v) is 20.6. The van der Waals surface area contributed by atoms with Crippen LogP contribution in [0.15, 0.2) is 54.7 Å². The normalized spacial score (nSPS) is 14.7. The van der Waals surface area contributed by atoms with E-state index in [9.17, 15) is 4.55 Å². The van der Waals surface area contributed by atoms with E-state index in [1.807, 2.05) is 70.2 Å². The summed E-state index contributed by atoms with van der Waals surface area (Å²) in [6.07, 6.45) is 1.48. The Morgan fingerprint density at radius 2 is 1.75 bits per heavy atom. The van der Waals surface area contributed by atoms with Gasteiger partial charge in [-0.2, -0.15) is 5.10 Å². The second kappa shape index (κ2) is 15.8. The van der Waals surface area contributed by atoms with Crippen LogP contribution in [0.3, 0.4) is 0 Å². The Hall–Kier alpha value is -2.87. The van der Waals surface area contributed by atoms with Crippen LogP contribution < -0.4 is 9.46 Å². The van der Waals surface area contributed by atoms with Gasteiger partial charge in [0.15, 0.2) is 14.1 Å². The number of hydrogen-bond acceptors (Lipinski definition) is 8. The third-order valence-electron chi connectivity index (χ3n) is 8.69. The second-order valence-electron chi connectivity index (χ2n) is 14.6. The molecule has 0 aliphatic carbocycles. The van der Waals surface area contributed by atoms with Crippen LogP contribution in [0.4, 0.5) is 4.39 Å². The maximum absolute atomic E-state index is 15.6. The minimum atomic E-state index is -1.97. The SMILES string of the molecule is CCCC(F)[C@@H](N[S@+]([O-])C(C)(C)C)c1cccc(-c2cc(OCCOC)c3cnn(-c4cccc(CO[Si](C)(C)C(C)(C)C)n4)c3c2)n1. The lowest BCUT2D eigenvalue weighted by Crippen LogP contribution is -2.44. The van der Waals surface area contributed by atoms with Gasteiger partial charge in [0.05, 0.1) is 47.4 Å². The van der Waals surface area contributed by atoms with E-state index in [0.717, 1.165) is 22.2 Å². The van der Waals surface area contributed by atoms with Crippen molar-refractivity contribution in [1.29, 1.82) is 0 Å². The van der Waals surface area contributed by atoms with Gasteiger partial charge >= 0.3 is 0 Å². The first kappa shape index (κ1) is 37.9. The summed E-state index contributed by atoms with van der Waals surface area (Å²) in [5.74, 6) is 1.27. The Morgan fingerprint density at radius 3 is 2.42 bits per heavy atom. The first-order valence-electron chi connectivity index (χ1n) is 16.6. The highest BCUT2D eigenvalue weighted by Crippen LogP contribution is 2.37. The van der Waals surface area contributed by atoms with Crippen LogP contribution in [0, 0.1) is 0 Å². The number of pyridine rings is 2. The average molecular weight is 698 g/mol. The Labute approximate surface area is 289 Å². The smallest absolute Gasteiger partial charge is 0.192 e. The van der Waals surface area contributed by atoms with Crippen LogP contribution in [-0.2, 0) is 27.1 Å². The van der Waals surface area contributed by atoms with E-state index in [2.05, 4.69) is 38.6 Å². The van der Waals surface area contributed by atoms with Gasteiger partial charge in [0.2, 0.25) is 0 Å². The number of aromatic nitrogens is 4. The van der Waals surface area contributed by atoms with Crippen molar-refractivity contribution in [3.63, 3.8) is 0 Å². The molecule has 3 aromatic heterocycles. The third-order valence-corrected chi connectivity index (χ3v) is 14.8. The number of alkyl halides is 1. The van der Waals surface area contributed by atoms with Crippen LogP contribution >= 0.6 is 0 Å². The number of methoxy groups -OCH3 is 1. The van der Waals surface area contributed by atoms with Crippen LogP contribution in [0.25, 0.3) is 28.0 Å². The van der Waals surface area contributed by atoms with Crippen LogP contribution in [0.1, 0.15) is 78.7 Å². The molecule has 1 unspecified atom stereocenters. The fraction of sp³-hybridized carbons (Fsp3) is 0.528. The summed E-state index contributed by atoms with van der Waals surface area (Å²) in [5, 5.41) is 5.62. The van der Waals surface area contributed by atoms with E-state index in [1.165, 1.54) is 0 Å². The van der Waals surface area contributed by atoms with Crippen molar-refractivity contribution < 1.29 is 22.8 Å². The Bertz CT molecular complexity index is 1660. The van der Waals surface area contributed by atoms with Gasteiger partial charge in [-0.25, -0.2) is 14.1 Å². The van der Waals surface area contributed by atoms with Crippen molar-refractivity contribution in [1.82, 2.24) is 24.5 Å². The summed E-state index contributed by atoms with van der Waals surface area (Å²) in [7, 11) is -0.339. The fourth-order valence-corrected chi connectivity index (χ4v) is 6.55. The van der Waals surface area contributed by atoms with Crippen molar-refractivity contribution in [3.05, 3.63) is 66.1 Å². The van der Waals surface area contributed by atoms with Crippen molar-refractivity contribution >= 4 is 30.6 Å². The molecular formula is C36H52FN5O4SSi. The molecule has 12 heteroatoms. The number of hydrogen-bond donors (Lipinski definition) is 1. The molecule has 48 heavy (non-hydrogen) atoms. The van der Waals surface area contributed by atoms with E-state index in [0.29, 0.717) is 55.6 Å². The monoisotopic (exact) mass is 697 g/mol. The Balaban J connectivity index is 1.77. The summed E-state index contributed by atoms with van der Waals surface area (Å²) < 4.78 is 50.8. The van der Waals surface area contributed by atoms with Crippen molar-refractivity contribution in [2.75, 3.05) is 20.3 Å². The number of fused-ring (bicyclic) bond motifs is 1. The molecule has 3 atom stereocenters. The Morgan fingerprint density at radius 1 is 1.02 bits per heavy atom. The van der Waals surface area contributed by atoms with E-state index < -0.39 is 36.6 Å². The summed E-state index contributed by atoms with van der Waals surface area (Å²) >= 11 is -1.49. The van der Waals surface area contributed by atoms with Crippen molar-refractivity contribution in [2.24, 2.45) is 0 Å². The lowest BCUT2D eigenvalue weighted by molar-refractivity contribution is 0.147. The predicted octanol–water partition coefficient (Wildman–Crippen LogP) is 8.26. The number of rotatable bonds is 15. The van der Waals surface area contributed by atoms with E-state index >= 15 is 4.39 Å². The maximum Gasteiger partial charge on any atom is 0.192 e. The molecule has 0 saturated carbocycles. The molecule has 0 bridgehead atoms. The number of nitrogens with zero attached hydrogens (tertiary/aromatic N) is 4. The zero-order valence-corrected chi connectivity index (χ0v) is 31.9. The lowest BCUT2D eigenvalue weighted by atomic mass is 10.0. The van der Waals surface area contributed by atoms with Gasteiger partial charge in [0, 0.05) is 24.0 Å². The molecule has 0 radical (unpaired) electrons. The van der Waals surface area contributed by atoms with Crippen LogP contribution in [0.2, 0.25) is 18.1 Å². The van der Waals surface area contributed by atoms with E-state index in [4.69, 9.17) is 29.0 Å². The summed E-state index contributed by atoms with van der Waals surface area (Å²) in [5.41, 5.74) is 3.47. The minimum absolute atomic E-state index is 0.0879. The highest BCUT2D eigenvalue weighted by molar-refractivity contribution is 7.90. The van der Waals surface area contributed by atoms with Crippen molar-refractivity contribution in [2.45, 2.75) is 103 Å². The first-order chi connectivity index (χ1) is 22.6. The molecule has 262 valence electrons. The van der Waals surface area contributed by atoms with Crippen LogP contribution in [-0.4, -0.2) is 63.9 Å². The molecule has 9 nitrogen and oxygen atoms in total. The average Bonchev–Trinajstić information content (AvgIpc) is 3.46. The largest absolute Gasteiger partial charge is 0.598 e. The van der Waals surface area contributed by atoms with Gasteiger partial charge in [-0.1, -0.05) is 46.2 Å². The molecule has 4 rings (SSSR count). The molecule has 0 fully saturated rings. The topological polar surface area (TPSA) is 106 Å². The molecule has 0 saturated heterocycles. The molecule has 0 aliphatic rings. The number of ether oxygens (including phenoxy) is 2. The molecule has 4 aromatic rings. The number of benzene rings is 1. The molecule has 1 aromatic carbocycles. The Kier molecular flexibility index (Phi) is 12.5. The fourth-order valence-electron chi connectivity index (χ4n) is 4.76. The number of halogens is 1. The molecule has 0 spiro atoms. The summed E-state index contributed by atoms with van der Waals surface area (Å²) in [4.78, 5) is 9.84. The van der Waals surface area contributed by atoms with Crippen molar-refractivity contribution in [3.8, 4) is 22.8 Å². The second-order valence-corrected chi connectivity index (χ2v) is 21.4. The number of nitrogens with one attached hydrogen (secondary N) is 1. The quantitative estimate of drug-likeness (QED) is 0.0752. The molecule has 3 heterocycles. The van der Waals surface area contributed by atoms with Gasteiger partial charge < -0.3 is 18.5 Å². The molecule has 0 aliphatic heterocycles. The van der Waals surface area contributed by atoms with Crippen LogP contribution in [0.5, 0.6) is 5.75 Å². The van der Waals surface area contributed by atoms with Gasteiger partial charge in [-0.05, 0) is 81.7 Å². The molecule has 1 N–H and O–H groups in total.